The number of carboxylic acids is 1. The molecule has 0 saturated carbocycles. The smallest absolute Gasteiger partial charge is 0.317 e. The van der Waals surface area contributed by atoms with Gasteiger partial charge in [-0.25, -0.2) is 0 Å². The van der Waals surface area contributed by atoms with E-state index in [0.29, 0.717) is 18.7 Å². The molecule has 0 aliphatic carbocycles. The number of carbonyl (C=O) groups excluding carboxylic acids is 1. The highest BCUT2D eigenvalue weighted by Gasteiger charge is 2.24. The molecule has 1 N–H and O–H groups in total. The topological polar surface area (TPSA) is 79.3 Å². The zero-order valence-electron chi connectivity index (χ0n) is 14.4. The predicted molar refractivity (Wildman–Crippen MR) is 90.8 cm³/mol. The molecule has 2 aliphatic rings. The number of rotatable bonds is 5. The van der Waals surface area contributed by atoms with Crippen LogP contribution in [0.4, 0.5) is 0 Å². The van der Waals surface area contributed by atoms with Gasteiger partial charge in [-0.15, -0.1) is 0 Å². The minimum Gasteiger partial charge on any atom is -0.480 e. The summed E-state index contributed by atoms with van der Waals surface area (Å²) >= 11 is 0. The monoisotopic (exact) mass is 348 g/mol. The number of likely N-dealkylation sites (N-methyl/N-ethyl adjacent to an activating group) is 1. The molecule has 7 heteroatoms. The molecule has 1 atom stereocenters. The molecule has 1 fully saturated rings. The fraction of sp³-hybridized carbons (Fsp3) is 0.556. The van der Waals surface area contributed by atoms with Gasteiger partial charge in [-0.1, -0.05) is 6.07 Å². The van der Waals surface area contributed by atoms with Crippen molar-refractivity contribution in [1.29, 1.82) is 0 Å². The molecule has 0 spiro atoms. The average Bonchev–Trinajstić information content (AvgIpc) is 2.88. The second-order valence-corrected chi connectivity index (χ2v) is 6.64. The van der Waals surface area contributed by atoms with Crippen molar-refractivity contribution in [3.63, 3.8) is 0 Å². The average molecular weight is 348 g/mol. The van der Waals surface area contributed by atoms with Crippen LogP contribution in [0.5, 0.6) is 11.5 Å². The van der Waals surface area contributed by atoms with Crippen LogP contribution < -0.4 is 9.47 Å². The Bertz CT molecular complexity index is 648. The molecule has 25 heavy (non-hydrogen) atoms. The molecule has 2 heterocycles. The van der Waals surface area contributed by atoms with Crippen LogP contribution in [-0.2, 0) is 16.0 Å². The maximum atomic E-state index is 12.6. The molecule has 2 aliphatic heterocycles. The number of hydrogen-bond donors (Lipinski definition) is 1. The van der Waals surface area contributed by atoms with Gasteiger partial charge in [0.1, 0.15) is 0 Å². The summed E-state index contributed by atoms with van der Waals surface area (Å²) in [6, 6.07) is 5.80. The molecule has 136 valence electrons. The summed E-state index contributed by atoms with van der Waals surface area (Å²) in [5.41, 5.74) is 0.915. The lowest BCUT2D eigenvalue weighted by atomic mass is 10.1. The first kappa shape index (κ1) is 17.5. The van der Waals surface area contributed by atoms with Gasteiger partial charge in [-0.3, -0.25) is 14.5 Å². The minimum absolute atomic E-state index is 0.0375. The highest BCUT2D eigenvalue weighted by molar-refractivity contribution is 5.79. The van der Waals surface area contributed by atoms with E-state index in [4.69, 9.17) is 14.6 Å². The highest BCUT2D eigenvalue weighted by atomic mass is 16.7. The largest absolute Gasteiger partial charge is 0.480 e. The van der Waals surface area contributed by atoms with Crippen molar-refractivity contribution >= 4 is 11.9 Å². The van der Waals surface area contributed by atoms with Crippen LogP contribution in [0.1, 0.15) is 24.8 Å². The van der Waals surface area contributed by atoms with Gasteiger partial charge in [0.15, 0.2) is 11.5 Å². The number of aliphatic carboxylic acids is 1. The minimum atomic E-state index is -0.817. The maximum Gasteiger partial charge on any atom is 0.317 e. The van der Waals surface area contributed by atoms with E-state index >= 15 is 0 Å². The third-order valence-corrected chi connectivity index (χ3v) is 4.85. The third kappa shape index (κ3) is 4.42. The number of hydrogen-bond acceptors (Lipinski definition) is 5. The summed E-state index contributed by atoms with van der Waals surface area (Å²) in [6.07, 6.45) is 2.95. The van der Waals surface area contributed by atoms with Crippen molar-refractivity contribution in [3.05, 3.63) is 23.8 Å². The van der Waals surface area contributed by atoms with Gasteiger partial charge in [0.2, 0.25) is 12.7 Å². The lowest BCUT2D eigenvalue weighted by Gasteiger charge is -2.25. The quantitative estimate of drug-likeness (QED) is 0.865. The standard InChI is InChI=1S/C18H24N2O5/c1-19(11-18(22)23)14-3-2-7-20(8-6-14)17(21)10-13-4-5-15-16(9-13)25-12-24-15/h4-5,9,14H,2-3,6-8,10-12H2,1H3,(H,22,23). The van der Waals surface area contributed by atoms with E-state index in [9.17, 15) is 9.59 Å². The normalized spacial score (nSPS) is 19.8. The molecule has 3 rings (SSSR count). The van der Waals surface area contributed by atoms with Gasteiger partial charge in [0.05, 0.1) is 13.0 Å². The van der Waals surface area contributed by atoms with Crippen molar-refractivity contribution in [3.8, 4) is 11.5 Å². The molecule has 0 bridgehead atoms. The van der Waals surface area contributed by atoms with Crippen molar-refractivity contribution in [2.24, 2.45) is 0 Å². The third-order valence-electron chi connectivity index (χ3n) is 4.85. The van der Waals surface area contributed by atoms with Crippen LogP contribution in [0.3, 0.4) is 0 Å². The van der Waals surface area contributed by atoms with Crippen molar-refractivity contribution in [2.75, 3.05) is 33.5 Å². The molecular weight excluding hydrogens is 324 g/mol. The van der Waals surface area contributed by atoms with Gasteiger partial charge in [0, 0.05) is 19.1 Å². The van der Waals surface area contributed by atoms with E-state index in [2.05, 4.69) is 0 Å². The summed E-state index contributed by atoms with van der Waals surface area (Å²) in [7, 11) is 1.84. The Hall–Kier alpha value is -2.28. The number of carboxylic acid groups (broad SMARTS) is 1. The summed E-state index contributed by atoms with van der Waals surface area (Å²) in [5.74, 6) is 0.690. The lowest BCUT2D eigenvalue weighted by molar-refractivity contribution is -0.138. The molecule has 1 unspecified atom stereocenters. The number of amides is 1. The van der Waals surface area contributed by atoms with Gasteiger partial charge >= 0.3 is 5.97 Å². The van der Waals surface area contributed by atoms with E-state index < -0.39 is 5.97 Å². The fourth-order valence-corrected chi connectivity index (χ4v) is 3.45. The molecule has 1 saturated heterocycles. The molecule has 1 aromatic rings. The first-order valence-corrected chi connectivity index (χ1v) is 8.61. The number of carbonyl (C=O) groups is 2. The van der Waals surface area contributed by atoms with Crippen LogP contribution in [-0.4, -0.2) is 66.3 Å². The maximum absolute atomic E-state index is 12.6. The summed E-state index contributed by atoms with van der Waals surface area (Å²) in [5, 5.41) is 8.93. The first-order valence-electron chi connectivity index (χ1n) is 8.61. The van der Waals surface area contributed by atoms with Crippen LogP contribution in [0.2, 0.25) is 0 Å². The van der Waals surface area contributed by atoms with Crippen LogP contribution in [0, 0.1) is 0 Å². The first-order chi connectivity index (χ1) is 12.0. The van der Waals surface area contributed by atoms with E-state index in [-0.39, 0.29) is 25.3 Å². The van der Waals surface area contributed by atoms with Crippen LogP contribution in [0.15, 0.2) is 18.2 Å². The number of benzene rings is 1. The number of likely N-dealkylation sites (tertiary alicyclic amines) is 1. The van der Waals surface area contributed by atoms with Gasteiger partial charge in [0.25, 0.3) is 0 Å². The van der Waals surface area contributed by atoms with Crippen molar-refractivity contribution < 1.29 is 24.2 Å². The lowest BCUT2D eigenvalue weighted by Crippen LogP contribution is -2.37. The Balaban J connectivity index is 1.55. The highest BCUT2D eigenvalue weighted by Crippen LogP contribution is 2.32. The van der Waals surface area contributed by atoms with Crippen molar-refractivity contribution in [2.45, 2.75) is 31.7 Å². The second kappa shape index (κ2) is 7.74. The van der Waals surface area contributed by atoms with Crippen LogP contribution >= 0.6 is 0 Å². The van der Waals surface area contributed by atoms with Gasteiger partial charge < -0.3 is 19.5 Å². The van der Waals surface area contributed by atoms with Crippen molar-refractivity contribution in [1.82, 2.24) is 9.80 Å². The van der Waals surface area contributed by atoms with Gasteiger partial charge in [-0.2, -0.15) is 0 Å². The zero-order chi connectivity index (χ0) is 17.8. The Morgan fingerprint density at radius 2 is 2.04 bits per heavy atom. The zero-order valence-corrected chi connectivity index (χ0v) is 14.4. The van der Waals surface area contributed by atoms with E-state index in [1.165, 1.54) is 0 Å². The Kier molecular flexibility index (Phi) is 5.43. The molecule has 1 amide bonds. The number of ether oxygens (including phenoxy) is 2. The Labute approximate surface area is 147 Å². The molecule has 1 aromatic carbocycles. The molecular formula is C18H24N2O5. The van der Waals surface area contributed by atoms with E-state index in [1.54, 1.807) is 0 Å². The van der Waals surface area contributed by atoms with E-state index in [1.807, 2.05) is 35.0 Å². The Morgan fingerprint density at radius 3 is 2.84 bits per heavy atom. The number of fused-ring (bicyclic) bond motifs is 1. The fourth-order valence-electron chi connectivity index (χ4n) is 3.45. The second-order valence-electron chi connectivity index (χ2n) is 6.64. The SMILES string of the molecule is CN(CC(=O)O)C1CCCN(C(=O)Cc2ccc3c(c2)OCO3)CC1. The molecule has 7 nitrogen and oxygen atoms in total. The van der Waals surface area contributed by atoms with Crippen LogP contribution in [0.25, 0.3) is 0 Å². The molecule has 0 aromatic heterocycles. The summed E-state index contributed by atoms with van der Waals surface area (Å²) < 4.78 is 10.6. The van der Waals surface area contributed by atoms with E-state index in [0.717, 1.165) is 37.1 Å². The predicted octanol–water partition coefficient (Wildman–Crippen LogP) is 1.36. The number of nitrogens with zero attached hydrogens (tertiary/aromatic N) is 2. The molecule has 0 radical (unpaired) electrons. The summed E-state index contributed by atoms with van der Waals surface area (Å²) in [6.45, 7) is 1.65. The van der Waals surface area contributed by atoms with Gasteiger partial charge in [-0.05, 0) is 44.0 Å². The summed E-state index contributed by atoms with van der Waals surface area (Å²) in [4.78, 5) is 27.2. The Morgan fingerprint density at radius 1 is 1.24 bits per heavy atom.